The number of nitrogens with one attached hydrogen (secondary N) is 1. The molecule has 0 atom stereocenters. The Balaban J connectivity index is 1.70. The quantitative estimate of drug-likeness (QED) is 0.565. The summed E-state index contributed by atoms with van der Waals surface area (Å²) in [6, 6.07) is 6.27. The van der Waals surface area contributed by atoms with E-state index in [0.717, 1.165) is 43.9 Å². The molecule has 1 aliphatic heterocycles. The van der Waals surface area contributed by atoms with Crippen molar-refractivity contribution in [2.45, 2.75) is 51.7 Å². The number of halogens is 4. The number of amides is 2. The van der Waals surface area contributed by atoms with Crippen molar-refractivity contribution >= 4 is 23.4 Å². The van der Waals surface area contributed by atoms with Crippen LogP contribution in [-0.2, 0) is 19.1 Å². The first kappa shape index (κ1) is 24.0. The minimum Gasteiger partial charge on any atom is -0.351 e. The van der Waals surface area contributed by atoms with Crippen LogP contribution in [0.5, 0.6) is 0 Å². The van der Waals surface area contributed by atoms with E-state index in [9.17, 15) is 22.8 Å². The summed E-state index contributed by atoms with van der Waals surface area (Å²) < 4.78 is 40.1. The molecule has 172 valence electrons. The molecule has 0 unspecified atom stereocenters. The molecule has 2 heterocycles. The van der Waals surface area contributed by atoms with E-state index in [4.69, 9.17) is 11.6 Å². The molecule has 3 rings (SSSR count). The fraction of sp³-hybridized carbons (Fsp3) is 0.435. The van der Waals surface area contributed by atoms with Gasteiger partial charge in [-0.1, -0.05) is 43.9 Å². The monoisotopic (exact) mass is 467 g/mol. The van der Waals surface area contributed by atoms with Crippen molar-refractivity contribution in [2.75, 3.05) is 13.1 Å². The predicted molar refractivity (Wildman–Crippen MR) is 116 cm³/mol. The van der Waals surface area contributed by atoms with Crippen molar-refractivity contribution in [3.8, 4) is 0 Å². The van der Waals surface area contributed by atoms with Crippen molar-refractivity contribution in [2.24, 2.45) is 0 Å². The number of aromatic nitrogens is 1. The van der Waals surface area contributed by atoms with Crippen LogP contribution in [0.25, 0.3) is 0 Å². The molecular formula is C23H25ClF3N3O2. The maximum Gasteiger partial charge on any atom is 0.417 e. The van der Waals surface area contributed by atoms with Gasteiger partial charge in [0.1, 0.15) is 5.69 Å². The summed E-state index contributed by atoms with van der Waals surface area (Å²) in [5, 5.41) is 2.91. The van der Waals surface area contributed by atoms with E-state index in [-0.39, 0.29) is 24.0 Å². The second-order valence-corrected chi connectivity index (χ2v) is 8.22. The summed E-state index contributed by atoms with van der Waals surface area (Å²) in [7, 11) is 0. The van der Waals surface area contributed by atoms with E-state index in [1.165, 1.54) is 4.90 Å². The zero-order valence-electron chi connectivity index (χ0n) is 17.8. The minimum absolute atomic E-state index is 0.0609. The topological polar surface area (TPSA) is 62.3 Å². The molecule has 2 amide bonds. The number of hydrogen-bond donors (Lipinski definition) is 1. The molecule has 0 radical (unpaired) electrons. The van der Waals surface area contributed by atoms with Gasteiger partial charge in [0.15, 0.2) is 0 Å². The molecule has 0 aliphatic carbocycles. The maximum absolute atomic E-state index is 13.4. The largest absolute Gasteiger partial charge is 0.417 e. The van der Waals surface area contributed by atoms with Gasteiger partial charge in [-0.25, -0.2) is 4.98 Å². The van der Waals surface area contributed by atoms with Gasteiger partial charge in [-0.3, -0.25) is 9.59 Å². The van der Waals surface area contributed by atoms with E-state index >= 15 is 0 Å². The predicted octanol–water partition coefficient (Wildman–Crippen LogP) is 5.26. The lowest BCUT2D eigenvalue weighted by Crippen LogP contribution is -2.37. The second-order valence-electron chi connectivity index (χ2n) is 7.78. The Hall–Kier alpha value is -2.61. The van der Waals surface area contributed by atoms with Gasteiger partial charge in [0, 0.05) is 36.8 Å². The molecule has 2 aromatic rings. The summed E-state index contributed by atoms with van der Waals surface area (Å²) in [6.07, 6.45) is -0.104. The van der Waals surface area contributed by atoms with Crippen LogP contribution in [0.4, 0.5) is 13.2 Å². The molecule has 9 heteroatoms. The van der Waals surface area contributed by atoms with Gasteiger partial charge in [0.05, 0.1) is 11.1 Å². The Morgan fingerprint density at radius 3 is 2.66 bits per heavy atom. The molecule has 1 N–H and O–H groups in total. The number of rotatable bonds is 7. The third-order valence-electron chi connectivity index (χ3n) is 5.40. The van der Waals surface area contributed by atoms with Gasteiger partial charge in [-0.15, -0.1) is 0 Å². The van der Waals surface area contributed by atoms with Gasteiger partial charge in [0.25, 0.3) is 11.8 Å². The number of carbonyl (C=O) groups excluding carboxylic acids is 2. The highest BCUT2D eigenvalue weighted by Crippen LogP contribution is 2.34. The summed E-state index contributed by atoms with van der Waals surface area (Å²) in [6.45, 7) is 3.02. The molecule has 1 aromatic heterocycles. The average molecular weight is 468 g/mol. The van der Waals surface area contributed by atoms with Crippen molar-refractivity contribution in [3.05, 3.63) is 63.4 Å². The van der Waals surface area contributed by atoms with E-state index in [2.05, 4.69) is 17.2 Å². The number of fused-ring (bicyclic) bond motifs is 1. The van der Waals surface area contributed by atoms with Crippen LogP contribution in [0.1, 0.15) is 70.3 Å². The highest BCUT2D eigenvalue weighted by Gasteiger charge is 2.37. The summed E-state index contributed by atoms with van der Waals surface area (Å²) >= 11 is 5.85. The van der Waals surface area contributed by atoms with Crippen LogP contribution in [-0.4, -0.2) is 34.8 Å². The summed E-state index contributed by atoms with van der Waals surface area (Å²) in [5.74, 6) is -0.990. The van der Waals surface area contributed by atoms with Gasteiger partial charge in [0.2, 0.25) is 0 Å². The number of alkyl halides is 3. The zero-order valence-corrected chi connectivity index (χ0v) is 18.5. The molecule has 5 nitrogen and oxygen atoms in total. The van der Waals surface area contributed by atoms with Gasteiger partial charge < -0.3 is 10.2 Å². The van der Waals surface area contributed by atoms with Gasteiger partial charge in [-0.05, 0) is 36.2 Å². The summed E-state index contributed by atoms with van der Waals surface area (Å²) in [4.78, 5) is 31.0. The Morgan fingerprint density at radius 1 is 1.16 bits per heavy atom. The van der Waals surface area contributed by atoms with Crippen LogP contribution in [0.2, 0.25) is 5.02 Å². The standard InChI is InChI=1S/C23H25ClF3N3O2/c1-2-3-4-5-11-28-21(31)20-9-6-15-14-30(12-10-19(15)29-20)22(32)17-13-16(24)7-8-18(17)23(25,26)27/h6-9,13H,2-5,10-12,14H2,1H3,(H,28,31). The van der Waals surface area contributed by atoms with Crippen molar-refractivity contribution in [1.82, 2.24) is 15.2 Å². The van der Waals surface area contributed by atoms with E-state index < -0.39 is 23.2 Å². The Bertz CT molecular complexity index is 995. The molecule has 32 heavy (non-hydrogen) atoms. The number of carbonyl (C=O) groups is 2. The van der Waals surface area contributed by atoms with Crippen LogP contribution in [0, 0.1) is 0 Å². The Morgan fingerprint density at radius 2 is 1.94 bits per heavy atom. The van der Waals surface area contributed by atoms with Gasteiger partial charge >= 0.3 is 6.18 Å². The highest BCUT2D eigenvalue weighted by atomic mass is 35.5. The summed E-state index contributed by atoms with van der Waals surface area (Å²) in [5.41, 5.74) is 0.199. The van der Waals surface area contributed by atoms with E-state index in [0.29, 0.717) is 29.9 Å². The molecule has 0 fully saturated rings. The van der Waals surface area contributed by atoms with Crippen LogP contribution in [0.15, 0.2) is 30.3 Å². The fourth-order valence-electron chi connectivity index (χ4n) is 3.67. The Labute approximate surface area is 190 Å². The molecule has 0 bridgehead atoms. The van der Waals surface area contributed by atoms with Crippen molar-refractivity contribution in [3.63, 3.8) is 0 Å². The molecular weight excluding hydrogens is 443 g/mol. The third-order valence-corrected chi connectivity index (χ3v) is 5.64. The number of nitrogens with zero attached hydrogens (tertiary/aromatic N) is 2. The van der Waals surface area contributed by atoms with E-state index in [1.807, 2.05) is 0 Å². The minimum atomic E-state index is -4.66. The molecule has 0 saturated heterocycles. The normalized spacial score (nSPS) is 13.6. The first-order valence-electron chi connectivity index (χ1n) is 10.6. The highest BCUT2D eigenvalue weighted by molar-refractivity contribution is 6.31. The van der Waals surface area contributed by atoms with Crippen LogP contribution in [0.3, 0.4) is 0 Å². The first-order chi connectivity index (χ1) is 15.2. The maximum atomic E-state index is 13.4. The third kappa shape index (κ3) is 5.79. The molecule has 1 aliphatic rings. The lowest BCUT2D eigenvalue weighted by Gasteiger charge is -2.29. The SMILES string of the molecule is CCCCCCNC(=O)c1ccc2c(n1)CCN(C(=O)c1cc(Cl)ccc1C(F)(F)F)C2. The molecule has 1 aromatic carbocycles. The Kier molecular flexibility index (Phi) is 7.77. The van der Waals surface area contributed by atoms with Crippen LogP contribution < -0.4 is 5.32 Å². The lowest BCUT2D eigenvalue weighted by atomic mass is 10.0. The molecule has 0 spiro atoms. The lowest BCUT2D eigenvalue weighted by molar-refractivity contribution is -0.138. The second kappa shape index (κ2) is 10.3. The van der Waals surface area contributed by atoms with Gasteiger partial charge in [-0.2, -0.15) is 13.2 Å². The number of benzene rings is 1. The van der Waals surface area contributed by atoms with Crippen molar-refractivity contribution < 1.29 is 22.8 Å². The first-order valence-corrected chi connectivity index (χ1v) is 11.0. The average Bonchev–Trinajstić information content (AvgIpc) is 2.76. The van der Waals surface area contributed by atoms with E-state index in [1.54, 1.807) is 12.1 Å². The number of unbranched alkanes of at least 4 members (excludes halogenated alkanes) is 3. The fourth-order valence-corrected chi connectivity index (χ4v) is 3.84. The number of hydrogen-bond acceptors (Lipinski definition) is 3. The van der Waals surface area contributed by atoms with Crippen molar-refractivity contribution in [1.29, 1.82) is 0 Å². The van der Waals surface area contributed by atoms with Crippen LogP contribution >= 0.6 is 11.6 Å². The smallest absolute Gasteiger partial charge is 0.351 e. The number of pyridine rings is 1. The molecule has 0 saturated carbocycles. The zero-order chi connectivity index (χ0) is 23.3.